The van der Waals surface area contributed by atoms with Crippen molar-refractivity contribution in [2.45, 2.75) is 6.54 Å². The van der Waals surface area contributed by atoms with Crippen LogP contribution in [0, 0.1) is 0 Å². The predicted molar refractivity (Wildman–Crippen MR) is 104 cm³/mol. The fraction of sp³-hybridized carbons (Fsp3) is 0.0455. The second-order valence-electron chi connectivity index (χ2n) is 6.32. The highest BCUT2D eigenvalue weighted by Gasteiger charge is 2.36. The second kappa shape index (κ2) is 7.00. The van der Waals surface area contributed by atoms with Gasteiger partial charge >= 0.3 is 0 Å². The summed E-state index contributed by atoms with van der Waals surface area (Å²) in [7, 11) is 0. The summed E-state index contributed by atoms with van der Waals surface area (Å²) in [4.78, 5) is 38.9. The number of hydrogen-bond donors (Lipinski definition) is 1. The summed E-state index contributed by atoms with van der Waals surface area (Å²) in [6.45, 7) is 3.76. The summed E-state index contributed by atoms with van der Waals surface area (Å²) in [5, 5.41) is 2.79. The highest BCUT2D eigenvalue weighted by atomic mass is 16.3. The van der Waals surface area contributed by atoms with Gasteiger partial charge in [-0.3, -0.25) is 19.3 Å². The van der Waals surface area contributed by atoms with Gasteiger partial charge in [0.2, 0.25) is 0 Å². The van der Waals surface area contributed by atoms with E-state index in [1.54, 1.807) is 30.3 Å². The average molecular weight is 372 g/mol. The molecular formula is C22H16N2O4. The topological polar surface area (TPSA) is 79.6 Å². The summed E-state index contributed by atoms with van der Waals surface area (Å²) in [6.07, 6.45) is 3.17. The zero-order chi connectivity index (χ0) is 19.7. The summed E-state index contributed by atoms with van der Waals surface area (Å²) in [6, 6.07) is 15.1. The van der Waals surface area contributed by atoms with Crippen molar-refractivity contribution in [2.75, 3.05) is 5.32 Å². The van der Waals surface area contributed by atoms with Crippen LogP contribution in [0.5, 0.6) is 0 Å². The lowest BCUT2D eigenvalue weighted by Crippen LogP contribution is -2.28. The first-order valence-electron chi connectivity index (χ1n) is 8.63. The second-order valence-corrected chi connectivity index (χ2v) is 6.32. The van der Waals surface area contributed by atoms with E-state index in [9.17, 15) is 14.4 Å². The van der Waals surface area contributed by atoms with E-state index in [1.807, 2.05) is 12.1 Å². The van der Waals surface area contributed by atoms with E-state index in [0.717, 1.165) is 10.5 Å². The van der Waals surface area contributed by atoms with Gasteiger partial charge in [0, 0.05) is 11.3 Å². The van der Waals surface area contributed by atoms with Crippen LogP contribution in [0.25, 0.3) is 6.08 Å². The number of benzene rings is 2. The lowest BCUT2D eigenvalue weighted by molar-refractivity contribution is 0.0631. The minimum Gasteiger partial charge on any atom is -0.467 e. The standard InChI is InChI=1S/C22H16N2O4/c1-2-14-5-3-6-16(11-14)23-20(25)15-8-9-18-19(12-15)22(27)24(21(18)26)13-17-7-4-10-28-17/h2-12H,1,13H2,(H,23,25). The first kappa shape index (κ1) is 17.5. The van der Waals surface area contributed by atoms with Crippen molar-refractivity contribution in [1.82, 2.24) is 4.90 Å². The molecule has 6 nitrogen and oxygen atoms in total. The molecular weight excluding hydrogens is 356 g/mol. The number of rotatable bonds is 5. The third-order valence-electron chi connectivity index (χ3n) is 4.51. The van der Waals surface area contributed by atoms with Gasteiger partial charge in [-0.05, 0) is 48.0 Å². The average Bonchev–Trinajstić information content (AvgIpc) is 3.31. The molecule has 1 aliphatic heterocycles. The van der Waals surface area contributed by atoms with Crippen LogP contribution >= 0.6 is 0 Å². The zero-order valence-corrected chi connectivity index (χ0v) is 14.8. The molecule has 2 heterocycles. The highest BCUT2D eigenvalue weighted by molar-refractivity contribution is 6.22. The van der Waals surface area contributed by atoms with Gasteiger partial charge in [-0.25, -0.2) is 0 Å². The molecule has 0 radical (unpaired) electrons. The Hall–Kier alpha value is -3.93. The maximum absolute atomic E-state index is 12.7. The third-order valence-corrected chi connectivity index (χ3v) is 4.51. The molecule has 1 N–H and O–H groups in total. The molecule has 0 saturated carbocycles. The molecule has 0 fully saturated rings. The van der Waals surface area contributed by atoms with E-state index >= 15 is 0 Å². The molecule has 0 unspecified atom stereocenters. The van der Waals surface area contributed by atoms with Crippen molar-refractivity contribution >= 4 is 29.5 Å². The van der Waals surface area contributed by atoms with Gasteiger partial charge in [-0.1, -0.05) is 24.8 Å². The number of amides is 3. The molecule has 0 saturated heterocycles. The van der Waals surface area contributed by atoms with Crippen LogP contribution < -0.4 is 5.32 Å². The third kappa shape index (κ3) is 3.12. The number of fused-ring (bicyclic) bond motifs is 1. The van der Waals surface area contributed by atoms with E-state index in [-0.39, 0.29) is 23.6 Å². The molecule has 28 heavy (non-hydrogen) atoms. The SMILES string of the molecule is C=Cc1cccc(NC(=O)c2ccc3c(c2)C(=O)N(Cc2ccco2)C3=O)c1. The van der Waals surface area contributed by atoms with Crippen molar-refractivity contribution in [3.8, 4) is 0 Å². The number of furan rings is 1. The van der Waals surface area contributed by atoms with E-state index in [2.05, 4.69) is 11.9 Å². The van der Waals surface area contributed by atoms with Crippen LogP contribution in [0.4, 0.5) is 5.69 Å². The van der Waals surface area contributed by atoms with Crippen LogP contribution in [0.1, 0.15) is 42.4 Å². The van der Waals surface area contributed by atoms with Crippen molar-refractivity contribution in [3.63, 3.8) is 0 Å². The number of nitrogens with one attached hydrogen (secondary N) is 1. The van der Waals surface area contributed by atoms with Crippen LogP contribution in [-0.4, -0.2) is 22.6 Å². The Labute approximate surface area is 161 Å². The molecule has 1 aliphatic rings. The first-order valence-corrected chi connectivity index (χ1v) is 8.63. The fourth-order valence-electron chi connectivity index (χ4n) is 3.08. The molecule has 0 aliphatic carbocycles. The monoisotopic (exact) mass is 372 g/mol. The minimum atomic E-state index is -0.445. The van der Waals surface area contributed by atoms with Crippen molar-refractivity contribution in [2.24, 2.45) is 0 Å². The molecule has 2 aromatic carbocycles. The number of carbonyl (C=O) groups excluding carboxylic acids is 3. The smallest absolute Gasteiger partial charge is 0.261 e. The Morgan fingerprint density at radius 3 is 2.61 bits per heavy atom. The Morgan fingerprint density at radius 2 is 1.86 bits per heavy atom. The molecule has 3 aromatic rings. The van der Waals surface area contributed by atoms with E-state index < -0.39 is 11.8 Å². The van der Waals surface area contributed by atoms with Crippen molar-refractivity contribution in [3.05, 3.63) is 95.5 Å². The maximum atomic E-state index is 12.7. The largest absolute Gasteiger partial charge is 0.467 e. The quantitative estimate of drug-likeness (QED) is 0.687. The highest BCUT2D eigenvalue weighted by Crippen LogP contribution is 2.26. The molecule has 0 spiro atoms. The van der Waals surface area contributed by atoms with Gasteiger partial charge in [-0.2, -0.15) is 0 Å². The normalized spacial score (nSPS) is 12.8. The Bertz CT molecular complexity index is 1100. The van der Waals surface area contributed by atoms with Gasteiger partial charge in [0.1, 0.15) is 5.76 Å². The number of imide groups is 1. The predicted octanol–water partition coefficient (Wildman–Crippen LogP) is 3.97. The van der Waals surface area contributed by atoms with Crippen molar-refractivity contribution in [1.29, 1.82) is 0 Å². The lowest BCUT2D eigenvalue weighted by Gasteiger charge is -2.11. The minimum absolute atomic E-state index is 0.0508. The van der Waals surface area contributed by atoms with Crippen molar-refractivity contribution < 1.29 is 18.8 Å². The number of hydrogen-bond acceptors (Lipinski definition) is 4. The van der Waals surface area contributed by atoms with Crippen LogP contribution in [0.15, 0.2) is 71.9 Å². The number of nitrogens with zero attached hydrogens (tertiary/aromatic N) is 1. The summed E-state index contributed by atoms with van der Waals surface area (Å²) in [5.41, 5.74) is 2.28. The molecule has 0 bridgehead atoms. The van der Waals surface area contributed by atoms with Crippen LogP contribution in [0.2, 0.25) is 0 Å². The molecule has 138 valence electrons. The first-order chi connectivity index (χ1) is 13.6. The van der Waals surface area contributed by atoms with E-state index in [1.165, 1.54) is 24.5 Å². The van der Waals surface area contributed by atoms with Gasteiger partial charge < -0.3 is 9.73 Å². The Balaban J connectivity index is 1.57. The zero-order valence-electron chi connectivity index (χ0n) is 14.8. The summed E-state index contributed by atoms with van der Waals surface area (Å²) >= 11 is 0. The maximum Gasteiger partial charge on any atom is 0.261 e. The number of carbonyl (C=O) groups is 3. The summed E-state index contributed by atoms with van der Waals surface area (Å²) < 4.78 is 5.22. The molecule has 0 atom stereocenters. The van der Waals surface area contributed by atoms with Crippen LogP contribution in [0.3, 0.4) is 0 Å². The Kier molecular flexibility index (Phi) is 4.37. The van der Waals surface area contributed by atoms with Crippen LogP contribution in [-0.2, 0) is 6.54 Å². The summed E-state index contributed by atoms with van der Waals surface area (Å²) in [5.74, 6) is -0.704. The molecule has 1 aromatic heterocycles. The van der Waals surface area contributed by atoms with Gasteiger partial charge in [0.25, 0.3) is 17.7 Å². The Morgan fingerprint density at radius 1 is 1.04 bits per heavy atom. The molecule has 3 amide bonds. The molecule has 6 heteroatoms. The van der Waals surface area contributed by atoms with Gasteiger partial charge in [0.05, 0.1) is 23.9 Å². The number of anilines is 1. The van der Waals surface area contributed by atoms with Gasteiger partial charge in [0.15, 0.2) is 0 Å². The molecule has 4 rings (SSSR count). The lowest BCUT2D eigenvalue weighted by atomic mass is 10.1. The fourth-order valence-corrected chi connectivity index (χ4v) is 3.08. The van der Waals surface area contributed by atoms with E-state index in [4.69, 9.17) is 4.42 Å². The van der Waals surface area contributed by atoms with E-state index in [0.29, 0.717) is 17.0 Å². The van der Waals surface area contributed by atoms with Gasteiger partial charge in [-0.15, -0.1) is 0 Å².